The van der Waals surface area contributed by atoms with Gasteiger partial charge in [-0.25, -0.2) is 0 Å². The van der Waals surface area contributed by atoms with Gasteiger partial charge in [0.2, 0.25) is 0 Å². The summed E-state index contributed by atoms with van der Waals surface area (Å²) in [6.45, 7) is 5.39. The lowest BCUT2D eigenvalue weighted by molar-refractivity contribution is 1.13. The normalized spacial score (nSPS) is 12.6. The molecule has 4 aromatic rings. The van der Waals surface area contributed by atoms with Crippen LogP contribution in [-0.4, -0.2) is 19.4 Å². The Labute approximate surface area is 163 Å². The molecule has 1 atom stereocenters. The monoisotopic (exact) mass is 371 g/mol. The smallest absolute Gasteiger partial charge is 0.00378 e. The second kappa shape index (κ2) is 7.80. The number of hydrogen-bond acceptors (Lipinski definition) is 1. The van der Waals surface area contributed by atoms with Crippen molar-refractivity contribution in [3.63, 3.8) is 0 Å². The molecule has 27 heavy (non-hydrogen) atoms. The minimum absolute atomic E-state index is 0.0967. The first kappa shape index (κ1) is 18.2. The van der Waals surface area contributed by atoms with Gasteiger partial charge in [0.25, 0.3) is 0 Å². The highest BCUT2D eigenvalue weighted by molar-refractivity contribution is 7.56. The molecule has 0 bridgehead atoms. The molecule has 0 saturated heterocycles. The molecule has 0 aliphatic heterocycles. The van der Waals surface area contributed by atoms with Gasteiger partial charge in [-0.3, -0.25) is 0 Å². The summed E-state index contributed by atoms with van der Waals surface area (Å²) in [4.78, 5) is 0. The zero-order chi connectivity index (χ0) is 18.8. The van der Waals surface area contributed by atoms with Gasteiger partial charge in [-0.1, -0.05) is 72.8 Å². The molecule has 0 heterocycles. The van der Waals surface area contributed by atoms with Gasteiger partial charge in [0.05, 0.1) is 0 Å². The van der Waals surface area contributed by atoms with Crippen molar-refractivity contribution in [2.45, 2.75) is 13.1 Å². The lowest BCUT2D eigenvalue weighted by Crippen LogP contribution is -2.04. The van der Waals surface area contributed by atoms with E-state index in [1.54, 1.807) is 0 Å². The van der Waals surface area contributed by atoms with E-state index in [9.17, 15) is 0 Å². The molecule has 0 saturated carbocycles. The van der Waals surface area contributed by atoms with Gasteiger partial charge in [0.1, 0.15) is 0 Å². The third-order valence-electron chi connectivity index (χ3n) is 5.35. The Hall–Kier alpha value is -2.21. The van der Waals surface area contributed by atoms with Crippen LogP contribution < -0.4 is 5.73 Å². The predicted octanol–water partition coefficient (Wildman–Crippen LogP) is 6.54. The van der Waals surface area contributed by atoms with Crippen LogP contribution in [0.5, 0.6) is 0 Å². The van der Waals surface area contributed by atoms with Crippen molar-refractivity contribution in [3.05, 3.63) is 83.9 Å². The third-order valence-corrected chi connectivity index (χ3v) is 7.26. The number of nitrogens with two attached hydrogens (primary N) is 1. The quantitative estimate of drug-likeness (QED) is 0.396. The molecule has 0 aliphatic carbocycles. The van der Waals surface area contributed by atoms with E-state index in [0.717, 1.165) is 18.9 Å². The number of fused-ring (bicyclic) bond motifs is 2. The van der Waals surface area contributed by atoms with E-state index in [1.807, 2.05) is 0 Å². The second-order valence-corrected chi connectivity index (χ2v) is 9.80. The summed E-state index contributed by atoms with van der Waals surface area (Å²) < 4.78 is 0. The maximum absolute atomic E-state index is 5.84. The lowest BCUT2D eigenvalue weighted by atomic mass is 9.88. The molecule has 2 heteroatoms. The van der Waals surface area contributed by atoms with Crippen molar-refractivity contribution in [1.82, 2.24) is 0 Å². The molecule has 136 valence electrons. The fourth-order valence-electron chi connectivity index (χ4n) is 4.05. The van der Waals surface area contributed by atoms with E-state index in [2.05, 4.69) is 86.4 Å². The van der Waals surface area contributed by atoms with Crippen molar-refractivity contribution >= 4 is 29.5 Å². The highest BCUT2D eigenvalue weighted by Crippen LogP contribution is 2.43. The van der Waals surface area contributed by atoms with Gasteiger partial charge in [-0.15, -0.1) is 7.92 Å². The predicted molar refractivity (Wildman–Crippen MR) is 122 cm³/mol. The molecule has 4 aromatic carbocycles. The average Bonchev–Trinajstić information content (AvgIpc) is 2.69. The standard InChI is InChI=1S/C25H26NP/c1-18-11-12-19-7-3-5-9-22(19)24(18)25-21(17-27(2)16-15-26)14-13-20-8-4-6-10-23(20)25/h3-14H,15-17,26H2,1-2H3. The van der Waals surface area contributed by atoms with Gasteiger partial charge in [0, 0.05) is 0 Å². The molecule has 1 unspecified atom stereocenters. The summed E-state index contributed by atoms with van der Waals surface area (Å²) >= 11 is 0. The molecule has 0 amide bonds. The van der Waals surface area contributed by atoms with Gasteiger partial charge in [-0.2, -0.15) is 0 Å². The molecule has 4 rings (SSSR count). The van der Waals surface area contributed by atoms with Crippen LogP contribution >= 0.6 is 7.92 Å². The van der Waals surface area contributed by atoms with Crippen molar-refractivity contribution in [1.29, 1.82) is 0 Å². The van der Waals surface area contributed by atoms with Gasteiger partial charge in [-0.05, 0) is 76.3 Å². The number of benzene rings is 4. The van der Waals surface area contributed by atoms with Crippen LogP contribution in [-0.2, 0) is 6.16 Å². The molecule has 2 N–H and O–H groups in total. The largest absolute Gasteiger partial charge is 0.330 e. The molecule has 1 nitrogen and oxygen atoms in total. The topological polar surface area (TPSA) is 26.0 Å². The highest BCUT2D eigenvalue weighted by Gasteiger charge is 2.16. The summed E-state index contributed by atoms with van der Waals surface area (Å²) in [6.07, 6.45) is 2.24. The van der Waals surface area contributed by atoms with E-state index >= 15 is 0 Å². The van der Waals surface area contributed by atoms with Crippen molar-refractivity contribution in [3.8, 4) is 11.1 Å². The van der Waals surface area contributed by atoms with Gasteiger partial charge < -0.3 is 5.73 Å². The molecular weight excluding hydrogens is 345 g/mol. The van der Waals surface area contributed by atoms with Crippen LogP contribution in [0.15, 0.2) is 72.8 Å². The van der Waals surface area contributed by atoms with Gasteiger partial charge in [0.15, 0.2) is 0 Å². The van der Waals surface area contributed by atoms with E-state index in [1.165, 1.54) is 43.8 Å². The summed E-state index contributed by atoms with van der Waals surface area (Å²) in [5, 5.41) is 5.31. The van der Waals surface area contributed by atoms with E-state index in [0.29, 0.717) is 0 Å². The summed E-state index contributed by atoms with van der Waals surface area (Å²) in [7, 11) is -0.0967. The van der Waals surface area contributed by atoms with E-state index in [4.69, 9.17) is 5.73 Å². The second-order valence-electron chi connectivity index (χ2n) is 7.33. The first-order valence-corrected chi connectivity index (χ1v) is 11.7. The molecule has 0 radical (unpaired) electrons. The Kier molecular flexibility index (Phi) is 5.25. The molecule has 0 aliphatic rings. The molecule has 0 spiro atoms. The Morgan fingerprint density at radius 3 is 2.00 bits per heavy atom. The van der Waals surface area contributed by atoms with Crippen LogP contribution in [0.2, 0.25) is 0 Å². The Morgan fingerprint density at radius 1 is 0.741 bits per heavy atom. The fourth-order valence-corrected chi connectivity index (χ4v) is 5.49. The SMILES string of the molecule is Cc1ccc2ccccc2c1-c1c(CP(C)CCN)ccc2ccccc12. The third kappa shape index (κ3) is 3.50. The van der Waals surface area contributed by atoms with Crippen molar-refractivity contribution in [2.75, 3.05) is 19.4 Å². The number of rotatable bonds is 5. The highest BCUT2D eigenvalue weighted by atomic mass is 31.1. The van der Waals surface area contributed by atoms with E-state index in [-0.39, 0.29) is 7.92 Å². The number of aryl methyl sites for hydroxylation is 1. The first-order valence-electron chi connectivity index (χ1n) is 9.57. The maximum Gasteiger partial charge on any atom is -0.00378 e. The number of hydrogen-bond donors (Lipinski definition) is 1. The Balaban J connectivity index is 2.04. The van der Waals surface area contributed by atoms with Crippen molar-refractivity contribution < 1.29 is 0 Å². The average molecular weight is 371 g/mol. The van der Waals surface area contributed by atoms with Crippen LogP contribution in [0, 0.1) is 6.92 Å². The van der Waals surface area contributed by atoms with Crippen LogP contribution in [0.25, 0.3) is 32.7 Å². The first-order chi connectivity index (χ1) is 13.2. The maximum atomic E-state index is 5.84. The summed E-state index contributed by atoms with van der Waals surface area (Å²) in [5.41, 5.74) is 11.4. The van der Waals surface area contributed by atoms with Crippen molar-refractivity contribution in [2.24, 2.45) is 5.73 Å². The van der Waals surface area contributed by atoms with Crippen LogP contribution in [0.1, 0.15) is 11.1 Å². The molecular formula is C25H26NP. The van der Waals surface area contributed by atoms with Crippen LogP contribution in [0.4, 0.5) is 0 Å². The Morgan fingerprint density at radius 2 is 1.33 bits per heavy atom. The Bertz CT molecular complexity index is 1100. The summed E-state index contributed by atoms with van der Waals surface area (Å²) in [6, 6.07) is 26.6. The lowest BCUT2D eigenvalue weighted by Gasteiger charge is -2.20. The zero-order valence-electron chi connectivity index (χ0n) is 16.1. The zero-order valence-corrected chi connectivity index (χ0v) is 17.0. The minimum Gasteiger partial charge on any atom is -0.330 e. The molecule has 0 fully saturated rings. The fraction of sp³-hybridized carbons (Fsp3) is 0.200. The van der Waals surface area contributed by atoms with E-state index < -0.39 is 0 Å². The minimum atomic E-state index is -0.0967. The van der Waals surface area contributed by atoms with Crippen LogP contribution in [0.3, 0.4) is 0 Å². The van der Waals surface area contributed by atoms with Gasteiger partial charge >= 0.3 is 0 Å². The molecule has 0 aromatic heterocycles. The summed E-state index contributed by atoms with van der Waals surface area (Å²) in [5.74, 6) is 0.